The van der Waals surface area contributed by atoms with Gasteiger partial charge in [-0.2, -0.15) is 0 Å². The molecule has 0 bridgehead atoms. The number of rotatable bonds is 10. The van der Waals surface area contributed by atoms with Gasteiger partial charge in [0.05, 0.1) is 10.9 Å². The molecule has 4 N–H and O–H groups in total. The van der Waals surface area contributed by atoms with Gasteiger partial charge in [-0.05, 0) is 18.9 Å². The summed E-state index contributed by atoms with van der Waals surface area (Å²) in [6.07, 6.45) is 0.473. The Bertz CT molecular complexity index is 1430. The summed E-state index contributed by atoms with van der Waals surface area (Å²) < 4.78 is 7.52. The van der Waals surface area contributed by atoms with Gasteiger partial charge in [-0.25, -0.2) is 0 Å². The van der Waals surface area contributed by atoms with Crippen molar-refractivity contribution in [2.75, 3.05) is 13.2 Å². The first-order chi connectivity index (χ1) is 18.2. The number of carboxylic acids is 1. The summed E-state index contributed by atoms with van der Waals surface area (Å²) in [5.41, 5.74) is 8.45. The number of nitrogens with two attached hydrogens (primary N) is 1. The highest BCUT2D eigenvalue weighted by molar-refractivity contribution is 7.17. The molecule has 0 saturated heterocycles. The van der Waals surface area contributed by atoms with Crippen LogP contribution in [-0.2, 0) is 27.3 Å². The number of carboxylic acid groups (broad SMARTS) is 1. The Morgan fingerprint density at radius 3 is 2.18 bits per heavy atom. The number of benzene rings is 2. The largest absolute Gasteiger partial charge is 0.482 e. The Kier molecular flexibility index (Phi) is 9.78. The van der Waals surface area contributed by atoms with Crippen LogP contribution in [0.3, 0.4) is 0 Å². The second-order valence-electron chi connectivity index (χ2n) is 8.33. The number of fused-ring (bicyclic) bond motifs is 1. The molecule has 198 valence electrons. The molecule has 2 aromatic heterocycles. The molecule has 38 heavy (non-hydrogen) atoms. The van der Waals surface area contributed by atoms with E-state index in [0.29, 0.717) is 28.9 Å². The molecule has 0 unspecified atom stereocenters. The van der Waals surface area contributed by atoms with Crippen molar-refractivity contribution in [2.45, 2.75) is 26.8 Å². The van der Waals surface area contributed by atoms with Crippen LogP contribution >= 0.6 is 11.3 Å². The fourth-order valence-corrected chi connectivity index (χ4v) is 4.87. The Morgan fingerprint density at radius 2 is 1.66 bits per heavy atom. The Morgan fingerprint density at radius 1 is 1.03 bits per heavy atom. The lowest BCUT2D eigenvalue weighted by Gasteiger charge is -2.10. The SMILES string of the molecule is CCc1c(C(=O)C(N)=O)c2c(OCC(=O)NCC(=O)O)csc2n1Cc1ccccc1.Cc1ccccc1. The van der Waals surface area contributed by atoms with Crippen molar-refractivity contribution in [1.82, 2.24) is 9.88 Å². The maximum atomic E-state index is 12.7. The average Bonchev–Trinajstić information content (AvgIpc) is 3.45. The quantitative estimate of drug-likeness (QED) is 0.210. The maximum Gasteiger partial charge on any atom is 0.322 e. The third kappa shape index (κ3) is 7.07. The average molecular weight is 536 g/mol. The lowest BCUT2D eigenvalue weighted by Crippen LogP contribution is -2.33. The summed E-state index contributed by atoms with van der Waals surface area (Å²) >= 11 is 1.32. The number of thiophene rings is 1. The number of carbonyl (C=O) groups is 4. The molecular weight excluding hydrogens is 506 g/mol. The predicted molar refractivity (Wildman–Crippen MR) is 146 cm³/mol. The van der Waals surface area contributed by atoms with E-state index in [9.17, 15) is 19.2 Å². The van der Waals surface area contributed by atoms with Crippen molar-refractivity contribution < 1.29 is 29.0 Å². The van der Waals surface area contributed by atoms with E-state index < -0.39 is 36.7 Å². The van der Waals surface area contributed by atoms with Crippen LogP contribution in [0.5, 0.6) is 5.75 Å². The molecule has 0 radical (unpaired) electrons. The monoisotopic (exact) mass is 535 g/mol. The number of carbonyl (C=O) groups excluding carboxylic acids is 3. The highest BCUT2D eigenvalue weighted by Crippen LogP contribution is 2.40. The van der Waals surface area contributed by atoms with Crippen LogP contribution in [0.1, 0.15) is 34.1 Å². The molecule has 0 fully saturated rings. The van der Waals surface area contributed by atoms with Crippen molar-refractivity contribution in [3.8, 4) is 5.75 Å². The van der Waals surface area contributed by atoms with Gasteiger partial charge in [-0.15, -0.1) is 11.3 Å². The van der Waals surface area contributed by atoms with Gasteiger partial charge in [0.15, 0.2) is 6.61 Å². The van der Waals surface area contributed by atoms with E-state index in [0.717, 1.165) is 5.56 Å². The number of nitrogens with one attached hydrogen (secondary N) is 1. The van der Waals surface area contributed by atoms with Crippen molar-refractivity contribution in [2.24, 2.45) is 5.73 Å². The zero-order valence-electron chi connectivity index (χ0n) is 21.1. The summed E-state index contributed by atoms with van der Waals surface area (Å²) in [5.74, 6) is -3.44. The first-order valence-electron chi connectivity index (χ1n) is 11.9. The number of ether oxygens (including phenoxy) is 1. The van der Waals surface area contributed by atoms with Crippen molar-refractivity contribution in [1.29, 1.82) is 0 Å². The van der Waals surface area contributed by atoms with Crippen LogP contribution in [0, 0.1) is 6.92 Å². The molecule has 4 aromatic rings. The van der Waals surface area contributed by atoms with Crippen LogP contribution in [0.15, 0.2) is 66.0 Å². The Balaban J connectivity index is 0.000000494. The number of aliphatic carboxylic acids is 1. The van der Waals surface area contributed by atoms with Gasteiger partial charge in [0.2, 0.25) is 0 Å². The number of nitrogens with zero attached hydrogens (tertiary/aromatic N) is 1. The minimum Gasteiger partial charge on any atom is -0.482 e. The van der Waals surface area contributed by atoms with Gasteiger partial charge in [-0.3, -0.25) is 19.2 Å². The predicted octanol–water partition coefficient (Wildman–Crippen LogP) is 3.56. The summed E-state index contributed by atoms with van der Waals surface area (Å²) in [5, 5.41) is 12.9. The molecule has 0 spiro atoms. The topological polar surface area (TPSA) is 141 Å². The molecule has 0 saturated carbocycles. The van der Waals surface area contributed by atoms with Crippen LogP contribution in [0.25, 0.3) is 10.2 Å². The van der Waals surface area contributed by atoms with E-state index in [4.69, 9.17) is 15.6 Å². The van der Waals surface area contributed by atoms with Crippen LogP contribution in [-0.4, -0.2) is 46.4 Å². The number of aryl methyl sites for hydroxylation is 1. The highest BCUT2D eigenvalue weighted by atomic mass is 32.1. The second-order valence-corrected chi connectivity index (χ2v) is 9.19. The van der Waals surface area contributed by atoms with E-state index in [-0.39, 0.29) is 11.3 Å². The van der Waals surface area contributed by atoms with Gasteiger partial charge in [0.1, 0.15) is 17.1 Å². The zero-order valence-corrected chi connectivity index (χ0v) is 21.9. The van der Waals surface area contributed by atoms with Crippen molar-refractivity contribution in [3.05, 3.63) is 88.4 Å². The first kappa shape index (κ1) is 28.1. The third-order valence-corrected chi connectivity index (χ3v) is 6.53. The third-order valence-electron chi connectivity index (χ3n) is 5.55. The van der Waals surface area contributed by atoms with E-state index in [1.54, 1.807) is 5.38 Å². The Hall–Kier alpha value is -4.44. The van der Waals surface area contributed by atoms with Crippen LogP contribution in [0.2, 0.25) is 0 Å². The van der Waals surface area contributed by atoms with Crippen LogP contribution < -0.4 is 15.8 Å². The number of ketones is 1. The minimum atomic E-state index is -1.17. The van der Waals surface area contributed by atoms with E-state index in [2.05, 4.69) is 24.4 Å². The molecular formula is C28H29N3O6S. The molecule has 2 heterocycles. The van der Waals surface area contributed by atoms with Gasteiger partial charge >= 0.3 is 5.97 Å². The number of amides is 2. The number of Topliss-reactive ketones (excluding diaryl/α,β-unsaturated/α-hetero) is 1. The highest BCUT2D eigenvalue weighted by Gasteiger charge is 2.28. The molecule has 0 aliphatic carbocycles. The number of hydrogen-bond acceptors (Lipinski definition) is 6. The van der Waals surface area contributed by atoms with Crippen molar-refractivity contribution >= 4 is 45.1 Å². The van der Waals surface area contributed by atoms with Gasteiger partial charge in [-0.1, -0.05) is 73.2 Å². The normalized spacial score (nSPS) is 10.4. The molecule has 4 rings (SSSR count). The van der Waals surface area contributed by atoms with E-state index in [1.165, 1.54) is 16.9 Å². The Labute approximate surface area is 223 Å². The van der Waals surface area contributed by atoms with E-state index >= 15 is 0 Å². The second kappa shape index (κ2) is 13.2. The fraction of sp³-hybridized carbons (Fsp3) is 0.214. The molecule has 0 aliphatic heterocycles. The summed E-state index contributed by atoms with van der Waals surface area (Å²) in [7, 11) is 0. The molecule has 2 amide bonds. The van der Waals surface area contributed by atoms with Gasteiger partial charge in [0, 0.05) is 17.6 Å². The lowest BCUT2D eigenvalue weighted by atomic mass is 10.1. The summed E-state index contributed by atoms with van der Waals surface area (Å²) in [4.78, 5) is 47.5. The molecule has 0 atom stereocenters. The fourth-order valence-electron chi connectivity index (χ4n) is 3.84. The van der Waals surface area contributed by atoms with Crippen molar-refractivity contribution in [3.63, 3.8) is 0 Å². The number of primary amides is 1. The first-order valence-corrected chi connectivity index (χ1v) is 12.7. The minimum absolute atomic E-state index is 0.170. The molecule has 9 nitrogen and oxygen atoms in total. The molecule has 0 aliphatic rings. The van der Waals surface area contributed by atoms with Gasteiger partial charge in [0.25, 0.3) is 17.6 Å². The molecule has 2 aromatic carbocycles. The number of aromatic nitrogens is 1. The molecule has 10 heteroatoms. The van der Waals surface area contributed by atoms with E-state index in [1.807, 2.05) is 60.0 Å². The van der Waals surface area contributed by atoms with Crippen LogP contribution in [0.4, 0.5) is 0 Å². The van der Waals surface area contributed by atoms with Gasteiger partial charge < -0.3 is 25.5 Å². The summed E-state index contributed by atoms with van der Waals surface area (Å²) in [6.45, 7) is 3.47. The smallest absolute Gasteiger partial charge is 0.322 e. The zero-order chi connectivity index (χ0) is 27.7. The number of hydrogen-bond donors (Lipinski definition) is 3. The summed E-state index contributed by atoms with van der Waals surface area (Å²) in [6, 6.07) is 19.9. The lowest BCUT2D eigenvalue weighted by molar-refractivity contribution is -0.138. The maximum absolute atomic E-state index is 12.7. The standard InChI is InChI=1S/C21H21N3O6S.C7H8/c1-2-13-17(19(28)20(22)29)18-14(30-10-15(25)23-8-16(26)27)11-31-21(18)24(13)9-12-6-4-3-5-7-12;1-7-5-3-2-4-6-7/h3-7,11H,2,8-10H2,1H3,(H2,22,29)(H,23,25)(H,26,27);2-6H,1H3.